The Hall–Kier alpha value is -2.21. The molecule has 0 bridgehead atoms. The molecule has 2 aliphatic rings. The van der Waals surface area contributed by atoms with Crippen molar-refractivity contribution in [1.29, 1.82) is 0 Å². The summed E-state index contributed by atoms with van der Waals surface area (Å²) < 4.78 is 11.1. The van der Waals surface area contributed by atoms with E-state index < -0.39 is 0 Å². The quantitative estimate of drug-likeness (QED) is 0.874. The van der Waals surface area contributed by atoms with E-state index in [0.717, 1.165) is 17.0 Å². The highest BCUT2D eigenvalue weighted by molar-refractivity contribution is 7.13. The number of aromatic nitrogens is 1. The van der Waals surface area contributed by atoms with Crippen molar-refractivity contribution in [2.45, 2.75) is 0 Å². The molecule has 0 atom stereocenters. The Labute approximate surface area is 126 Å². The molecule has 6 heteroatoms. The molecular formula is C15H13N3O2S. The molecule has 0 unspecified atom stereocenters. The minimum atomic E-state index is 0.605. The molecule has 0 aliphatic carbocycles. The van der Waals surface area contributed by atoms with Crippen molar-refractivity contribution in [2.75, 3.05) is 26.3 Å². The Morgan fingerprint density at radius 2 is 1.62 bits per heavy atom. The molecular weight excluding hydrogens is 286 g/mol. The molecule has 21 heavy (non-hydrogen) atoms. The highest BCUT2D eigenvalue weighted by Gasteiger charge is 2.19. The van der Waals surface area contributed by atoms with E-state index in [1.54, 1.807) is 11.3 Å². The molecule has 0 fully saturated rings. The second-order valence-corrected chi connectivity index (χ2v) is 5.62. The molecule has 2 aliphatic heterocycles. The van der Waals surface area contributed by atoms with E-state index in [-0.39, 0.29) is 0 Å². The van der Waals surface area contributed by atoms with Gasteiger partial charge in [-0.15, -0.1) is 11.3 Å². The highest BCUT2D eigenvalue weighted by atomic mass is 32.1. The molecule has 0 saturated heterocycles. The van der Waals surface area contributed by atoms with Gasteiger partial charge in [0.1, 0.15) is 24.6 Å². The lowest BCUT2D eigenvalue weighted by Crippen LogP contribution is -2.10. The van der Waals surface area contributed by atoms with Crippen LogP contribution in [0.2, 0.25) is 0 Å². The Morgan fingerprint density at radius 3 is 2.10 bits per heavy atom. The molecule has 0 spiro atoms. The van der Waals surface area contributed by atoms with Gasteiger partial charge in [-0.2, -0.15) is 0 Å². The normalized spacial score (nSPS) is 17.1. The summed E-state index contributed by atoms with van der Waals surface area (Å²) in [5.74, 6) is 1.21. The van der Waals surface area contributed by atoms with E-state index >= 15 is 0 Å². The summed E-state index contributed by atoms with van der Waals surface area (Å²) in [5, 5.41) is 2.06. The van der Waals surface area contributed by atoms with Gasteiger partial charge in [-0.1, -0.05) is 6.07 Å². The maximum Gasteiger partial charge on any atom is 0.235 e. The van der Waals surface area contributed by atoms with Gasteiger partial charge in [-0.3, -0.25) is 0 Å². The lowest BCUT2D eigenvalue weighted by Gasteiger charge is -2.08. The molecule has 2 aromatic rings. The molecule has 0 amide bonds. The number of aliphatic imine (C=N–C) groups is 2. The number of ether oxygens (including phenoxy) is 2. The molecule has 0 saturated carbocycles. The second-order valence-electron chi connectivity index (χ2n) is 4.67. The van der Waals surface area contributed by atoms with Crippen LogP contribution < -0.4 is 0 Å². The van der Waals surface area contributed by atoms with Gasteiger partial charge in [0.2, 0.25) is 11.8 Å². The Kier molecular flexibility index (Phi) is 3.16. The lowest BCUT2D eigenvalue weighted by molar-refractivity contribution is 0.345. The van der Waals surface area contributed by atoms with Crippen molar-refractivity contribution in [2.24, 2.45) is 9.98 Å². The van der Waals surface area contributed by atoms with Gasteiger partial charge < -0.3 is 9.47 Å². The summed E-state index contributed by atoms with van der Waals surface area (Å²) in [5.41, 5.74) is 2.57. The number of thiophene rings is 1. The van der Waals surface area contributed by atoms with Gasteiger partial charge in [0.05, 0.1) is 13.1 Å². The standard InChI is InChI=1S/C15H13N3O2S/c1-2-13(21-7-1)10-8-11(14-16-3-5-19-14)18-12(9-10)15-17-4-6-20-15/h1-2,7-9H,3-6H2. The summed E-state index contributed by atoms with van der Waals surface area (Å²) in [7, 11) is 0. The van der Waals surface area contributed by atoms with Crippen LogP contribution in [0.15, 0.2) is 39.6 Å². The zero-order valence-corrected chi connectivity index (χ0v) is 12.1. The molecule has 106 valence electrons. The minimum absolute atomic E-state index is 0.605. The third-order valence-electron chi connectivity index (χ3n) is 3.24. The third kappa shape index (κ3) is 2.42. The largest absolute Gasteiger partial charge is 0.474 e. The predicted molar refractivity (Wildman–Crippen MR) is 82.3 cm³/mol. The Bertz CT molecular complexity index is 680. The molecule has 0 aromatic carbocycles. The number of nitrogens with zero attached hydrogens (tertiary/aromatic N) is 3. The topological polar surface area (TPSA) is 56.1 Å². The van der Waals surface area contributed by atoms with E-state index in [9.17, 15) is 0 Å². The SMILES string of the molecule is c1csc(-c2cc(C3=NCCO3)nc(C3=NCCO3)c2)c1. The monoisotopic (exact) mass is 299 g/mol. The first kappa shape index (κ1) is 12.5. The van der Waals surface area contributed by atoms with Crippen LogP contribution >= 0.6 is 11.3 Å². The van der Waals surface area contributed by atoms with Crippen molar-refractivity contribution in [1.82, 2.24) is 4.98 Å². The van der Waals surface area contributed by atoms with Crippen molar-refractivity contribution in [3.05, 3.63) is 41.0 Å². The molecule has 4 heterocycles. The van der Waals surface area contributed by atoms with Gasteiger partial charge in [-0.25, -0.2) is 15.0 Å². The fourth-order valence-corrected chi connectivity index (χ4v) is 3.03. The number of hydrogen-bond donors (Lipinski definition) is 0. The van der Waals surface area contributed by atoms with E-state index in [0.29, 0.717) is 38.1 Å². The molecule has 2 aromatic heterocycles. The first-order valence-electron chi connectivity index (χ1n) is 6.81. The fourth-order valence-electron chi connectivity index (χ4n) is 2.31. The van der Waals surface area contributed by atoms with Crippen molar-refractivity contribution >= 4 is 23.1 Å². The highest BCUT2D eigenvalue weighted by Crippen LogP contribution is 2.27. The van der Waals surface area contributed by atoms with E-state index in [4.69, 9.17) is 9.47 Å². The van der Waals surface area contributed by atoms with Gasteiger partial charge >= 0.3 is 0 Å². The van der Waals surface area contributed by atoms with Crippen LogP contribution in [0, 0.1) is 0 Å². The van der Waals surface area contributed by atoms with Crippen LogP contribution in [-0.2, 0) is 9.47 Å². The van der Waals surface area contributed by atoms with Gasteiger partial charge in [-0.05, 0) is 29.1 Å². The first-order chi connectivity index (χ1) is 10.4. The number of hydrogen-bond acceptors (Lipinski definition) is 6. The average Bonchev–Trinajstić information content (AvgIpc) is 3.29. The van der Waals surface area contributed by atoms with Gasteiger partial charge in [0.25, 0.3) is 0 Å². The van der Waals surface area contributed by atoms with E-state index in [2.05, 4.69) is 26.4 Å². The number of rotatable bonds is 3. The maximum absolute atomic E-state index is 5.54. The van der Waals surface area contributed by atoms with Crippen molar-refractivity contribution in [3.63, 3.8) is 0 Å². The van der Waals surface area contributed by atoms with Crippen LogP contribution in [0.1, 0.15) is 11.4 Å². The molecule has 0 N–H and O–H groups in total. The Balaban J connectivity index is 1.83. The maximum atomic E-state index is 5.54. The summed E-state index contributed by atoms with van der Waals surface area (Å²) >= 11 is 1.69. The smallest absolute Gasteiger partial charge is 0.235 e. The van der Waals surface area contributed by atoms with Crippen LogP contribution in [-0.4, -0.2) is 43.1 Å². The fraction of sp³-hybridized carbons (Fsp3) is 0.267. The zero-order valence-electron chi connectivity index (χ0n) is 11.3. The summed E-state index contributed by atoms with van der Waals surface area (Å²) in [6.07, 6.45) is 0. The van der Waals surface area contributed by atoms with E-state index in [1.165, 1.54) is 4.88 Å². The van der Waals surface area contributed by atoms with Crippen LogP contribution in [0.3, 0.4) is 0 Å². The van der Waals surface area contributed by atoms with E-state index in [1.807, 2.05) is 18.2 Å². The van der Waals surface area contributed by atoms with Crippen LogP contribution in [0.4, 0.5) is 0 Å². The Morgan fingerprint density at radius 1 is 0.952 bits per heavy atom. The molecule has 4 rings (SSSR count). The van der Waals surface area contributed by atoms with Gasteiger partial charge in [0, 0.05) is 4.88 Å². The second kappa shape index (κ2) is 5.29. The summed E-state index contributed by atoms with van der Waals surface area (Å²) in [4.78, 5) is 14.5. The third-order valence-corrected chi connectivity index (χ3v) is 4.16. The summed E-state index contributed by atoms with van der Waals surface area (Å²) in [6.45, 7) is 2.61. The molecule has 0 radical (unpaired) electrons. The first-order valence-corrected chi connectivity index (χ1v) is 7.69. The predicted octanol–water partition coefficient (Wildman–Crippen LogP) is 2.36. The summed E-state index contributed by atoms with van der Waals surface area (Å²) in [6, 6.07) is 8.14. The van der Waals surface area contributed by atoms with Crippen molar-refractivity contribution in [3.8, 4) is 10.4 Å². The van der Waals surface area contributed by atoms with Crippen LogP contribution in [0.25, 0.3) is 10.4 Å². The van der Waals surface area contributed by atoms with Crippen LogP contribution in [0.5, 0.6) is 0 Å². The molecule has 5 nitrogen and oxygen atoms in total. The minimum Gasteiger partial charge on any atom is -0.474 e. The lowest BCUT2D eigenvalue weighted by atomic mass is 10.1. The zero-order chi connectivity index (χ0) is 14.1. The van der Waals surface area contributed by atoms with Gasteiger partial charge in [0.15, 0.2) is 0 Å². The average molecular weight is 299 g/mol. The van der Waals surface area contributed by atoms with Crippen molar-refractivity contribution < 1.29 is 9.47 Å². The number of pyridine rings is 1.